The highest BCUT2D eigenvalue weighted by molar-refractivity contribution is 9.10. The maximum absolute atomic E-state index is 18.2. The molecule has 226 valence electrons. The van der Waals surface area contributed by atoms with Crippen LogP contribution in [0.2, 0.25) is 0 Å². The smallest absolute Gasteiger partial charge is 0.227 e. The standard InChI is InChI=1S/C32H37BrF2N2O5/c1-18-8-21-22-9-25(34)23-10-26-20(14-37(36-26)13-19-6-4-5-7-24(19)33)11-28(23,2)31(22,35)27(38)12-29(21,3)32(18)30(41-17-42-32)15-39-16-40-30/h4-7,10,14,18,21-22,25,27,38H,8-9,11-13,15-17H2,1-3H3/p+1/t18-,21-,22-,25-,27-,28-,29-,30?,31-,32+/m0/s1. The maximum Gasteiger partial charge on any atom is 0.227 e. The lowest BCUT2D eigenvalue weighted by Crippen LogP contribution is -2.73. The number of H-pyrrole nitrogens is 1. The summed E-state index contributed by atoms with van der Waals surface area (Å²) in [4.78, 5) is 0. The number of nitrogens with zero attached hydrogens (tertiary/aromatic N) is 1. The number of aliphatic hydroxyl groups excluding tert-OH is 1. The van der Waals surface area contributed by atoms with E-state index >= 15 is 8.78 Å². The monoisotopic (exact) mass is 647 g/mol. The third-order valence-corrected chi connectivity index (χ3v) is 13.0. The van der Waals surface area contributed by atoms with Gasteiger partial charge in [-0.2, -0.15) is 5.10 Å². The van der Waals surface area contributed by atoms with Crippen LogP contribution >= 0.6 is 15.9 Å². The highest BCUT2D eigenvalue weighted by Gasteiger charge is 2.82. The van der Waals surface area contributed by atoms with Crippen LogP contribution in [0.5, 0.6) is 0 Å². The second-order valence-electron chi connectivity index (χ2n) is 14.0. The van der Waals surface area contributed by atoms with Gasteiger partial charge in [-0.3, -0.25) is 0 Å². The number of hydrogen-bond acceptors (Lipinski definition) is 5. The van der Waals surface area contributed by atoms with Crippen LogP contribution in [-0.4, -0.2) is 59.7 Å². The fraction of sp³-hybridized carbons (Fsp3) is 0.656. The number of benzene rings is 1. The number of allylic oxidation sites excluding steroid dienone is 1. The summed E-state index contributed by atoms with van der Waals surface area (Å²) in [5.41, 5.74) is -1.57. The van der Waals surface area contributed by atoms with Gasteiger partial charge in [-0.25, -0.2) is 8.78 Å². The van der Waals surface area contributed by atoms with Gasteiger partial charge in [-0.1, -0.05) is 54.9 Å². The molecule has 0 radical (unpaired) electrons. The highest BCUT2D eigenvalue weighted by atomic mass is 79.9. The third kappa shape index (κ3) is 3.19. The summed E-state index contributed by atoms with van der Waals surface area (Å²) in [6.07, 6.45) is 2.32. The predicted molar refractivity (Wildman–Crippen MR) is 151 cm³/mol. The van der Waals surface area contributed by atoms with Gasteiger partial charge in [0.15, 0.2) is 26.3 Å². The first-order valence-corrected chi connectivity index (χ1v) is 15.9. The number of aromatic nitrogens is 2. The van der Waals surface area contributed by atoms with Gasteiger partial charge in [0.05, 0.1) is 6.10 Å². The van der Waals surface area contributed by atoms with Crippen molar-refractivity contribution in [1.29, 1.82) is 0 Å². The van der Waals surface area contributed by atoms with E-state index in [0.717, 1.165) is 21.3 Å². The number of rotatable bonds is 2. The number of alkyl halides is 2. The Morgan fingerprint density at radius 3 is 2.67 bits per heavy atom. The van der Waals surface area contributed by atoms with E-state index in [4.69, 9.17) is 18.9 Å². The van der Waals surface area contributed by atoms with E-state index in [9.17, 15) is 5.11 Å². The van der Waals surface area contributed by atoms with Crippen LogP contribution in [-0.2, 0) is 31.9 Å². The summed E-state index contributed by atoms with van der Waals surface area (Å²) in [6, 6.07) is 8.01. The number of hydrogen-bond donors (Lipinski definition) is 2. The SMILES string of the molecule is C[C@H]1C[C@H]2[C@@H]3C[C@H](F)C4=Cc5[nH][n+](Cc6ccccc6Br)cc5C[C@]4(C)[C@@]3(F)[C@@H](O)C[C@]2(C)[C@]12OCOC21COCO1. The molecule has 1 unspecified atom stereocenters. The number of ether oxygens (including phenoxy) is 4. The molecule has 0 bridgehead atoms. The van der Waals surface area contributed by atoms with Gasteiger partial charge in [-0.15, -0.1) is 4.68 Å². The molecule has 42 heavy (non-hydrogen) atoms. The van der Waals surface area contributed by atoms with Crippen LogP contribution in [0.3, 0.4) is 0 Å². The van der Waals surface area contributed by atoms with E-state index in [0.29, 0.717) is 25.0 Å². The van der Waals surface area contributed by atoms with Gasteiger partial charge in [0.2, 0.25) is 5.79 Å². The van der Waals surface area contributed by atoms with Crippen molar-refractivity contribution in [2.75, 3.05) is 20.2 Å². The van der Waals surface area contributed by atoms with Crippen molar-refractivity contribution in [1.82, 2.24) is 5.10 Å². The molecular weight excluding hydrogens is 610 g/mol. The van der Waals surface area contributed by atoms with Gasteiger partial charge in [0.1, 0.15) is 29.7 Å². The fourth-order valence-corrected chi connectivity index (χ4v) is 11.0. The van der Waals surface area contributed by atoms with E-state index in [-0.39, 0.29) is 44.9 Å². The van der Waals surface area contributed by atoms with Crippen LogP contribution in [0.25, 0.3) is 6.08 Å². The first kappa shape index (κ1) is 27.8. The molecule has 4 aliphatic carbocycles. The van der Waals surface area contributed by atoms with Crippen molar-refractivity contribution in [3.8, 4) is 0 Å². The Balaban J connectivity index is 1.18. The van der Waals surface area contributed by atoms with E-state index < -0.39 is 46.1 Å². The largest absolute Gasteiger partial charge is 0.390 e. The zero-order valence-corrected chi connectivity index (χ0v) is 25.8. The van der Waals surface area contributed by atoms with Crippen LogP contribution < -0.4 is 4.68 Å². The average molecular weight is 649 g/mol. The summed E-state index contributed by atoms with van der Waals surface area (Å²) < 4.78 is 61.9. The number of aliphatic hydroxyl groups is 1. The molecule has 10 atom stereocenters. The number of nitrogens with one attached hydrogen (secondary N) is 1. The van der Waals surface area contributed by atoms with Crippen molar-refractivity contribution >= 4 is 22.0 Å². The minimum absolute atomic E-state index is 0.0241. The lowest BCUT2D eigenvalue weighted by molar-refractivity contribution is -0.742. The van der Waals surface area contributed by atoms with Crippen molar-refractivity contribution in [2.45, 2.75) is 82.3 Å². The Morgan fingerprint density at radius 1 is 1.12 bits per heavy atom. The van der Waals surface area contributed by atoms with Gasteiger partial charge in [0.25, 0.3) is 0 Å². The molecule has 2 aliphatic heterocycles. The molecule has 2 saturated heterocycles. The number of halogens is 3. The zero-order chi connectivity index (χ0) is 29.3. The van der Waals surface area contributed by atoms with E-state index in [1.165, 1.54) is 0 Å². The second-order valence-corrected chi connectivity index (χ2v) is 14.8. The Morgan fingerprint density at radius 2 is 1.90 bits per heavy atom. The third-order valence-electron chi connectivity index (χ3n) is 12.3. The molecule has 3 saturated carbocycles. The molecule has 0 amide bonds. The van der Waals surface area contributed by atoms with Crippen LogP contribution in [0.1, 0.15) is 56.9 Å². The van der Waals surface area contributed by atoms with Crippen molar-refractivity contribution in [3.05, 3.63) is 57.3 Å². The molecule has 5 fully saturated rings. The second kappa shape index (κ2) is 8.95. The topological polar surface area (TPSA) is 76.8 Å². The summed E-state index contributed by atoms with van der Waals surface area (Å²) in [5, 5.41) is 15.4. The van der Waals surface area contributed by atoms with Crippen LogP contribution in [0, 0.1) is 28.6 Å². The summed E-state index contributed by atoms with van der Waals surface area (Å²) in [6.45, 7) is 6.94. The van der Waals surface area contributed by atoms with Crippen molar-refractivity contribution < 1.29 is 37.5 Å². The Kier molecular flexibility index (Phi) is 5.93. The molecule has 2 N–H and O–H groups in total. The van der Waals surface area contributed by atoms with Crippen LogP contribution in [0.4, 0.5) is 8.78 Å². The summed E-state index contributed by atoms with van der Waals surface area (Å²) in [5.74, 6) is -2.10. The zero-order valence-electron chi connectivity index (χ0n) is 24.2. The van der Waals surface area contributed by atoms with Crippen LogP contribution in [0.15, 0.2) is 40.5 Å². The van der Waals surface area contributed by atoms with Gasteiger partial charge < -0.3 is 24.1 Å². The number of fused-ring (bicyclic) bond motifs is 8. The normalized spacial score (nSPS) is 47.3. The minimum Gasteiger partial charge on any atom is -0.390 e. The molecule has 8 rings (SSSR count). The number of aromatic amines is 1. The fourth-order valence-electron chi connectivity index (χ4n) is 10.6. The molecule has 2 aromatic rings. The molecule has 7 nitrogen and oxygen atoms in total. The lowest BCUT2D eigenvalue weighted by atomic mass is 9.43. The molecule has 2 spiro atoms. The predicted octanol–water partition coefficient (Wildman–Crippen LogP) is 5.00. The molecular formula is C32H38BrF2N2O5+. The first-order chi connectivity index (χ1) is 20.0. The van der Waals surface area contributed by atoms with E-state index in [2.05, 4.69) is 34.9 Å². The lowest BCUT2D eigenvalue weighted by Gasteiger charge is -2.64. The van der Waals surface area contributed by atoms with Gasteiger partial charge in [0, 0.05) is 32.3 Å². The van der Waals surface area contributed by atoms with Crippen molar-refractivity contribution in [3.63, 3.8) is 0 Å². The maximum atomic E-state index is 18.2. The Bertz CT molecular complexity index is 1470. The quantitative estimate of drug-likeness (QED) is 0.449. The van der Waals surface area contributed by atoms with Crippen molar-refractivity contribution in [2.24, 2.45) is 28.6 Å². The highest BCUT2D eigenvalue weighted by Crippen LogP contribution is 2.74. The first-order valence-electron chi connectivity index (χ1n) is 15.1. The summed E-state index contributed by atoms with van der Waals surface area (Å²) in [7, 11) is 0. The van der Waals surface area contributed by atoms with E-state index in [1.54, 1.807) is 0 Å². The molecule has 1 aromatic carbocycles. The minimum atomic E-state index is -2.02. The van der Waals surface area contributed by atoms with E-state index in [1.807, 2.05) is 48.1 Å². The molecule has 10 heteroatoms. The Labute approximate surface area is 252 Å². The van der Waals surface area contributed by atoms with Gasteiger partial charge in [-0.05, 0) is 55.2 Å². The average Bonchev–Trinajstić information content (AvgIpc) is 3.71. The molecule has 6 aliphatic rings. The van der Waals surface area contributed by atoms with Gasteiger partial charge >= 0.3 is 0 Å². The summed E-state index contributed by atoms with van der Waals surface area (Å²) >= 11 is 3.62. The molecule has 1 aromatic heterocycles. The Hall–Kier alpha value is -1.69. The molecule has 3 heterocycles.